The van der Waals surface area contributed by atoms with Gasteiger partial charge in [0.25, 0.3) is 0 Å². The zero-order chi connectivity index (χ0) is 14.8. The van der Waals surface area contributed by atoms with E-state index in [0.29, 0.717) is 19.5 Å². The first-order chi connectivity index (χ1) is 10.1. The van der Waals surface area contributed by atoms with E-state index in [-0.39, 0.29) is 5.92 Å². The van der Waals surface area contributed by atoms with Gasteiger partial charge in [-0.15, -0.1) is 0 Å². The maximum Gasteiger partial charge on any atom is 0.308 e. The van der Waals surface area contributed by atoms with Crippen LogP contribution in [0.25, 0.3) is 0 Å². The molecule has 0 bridgehead atoms. The van der Waals surface area contributed by atoms with Crippen molar-refractivity contribution in [2.24, 2.45) is 5.92 Å². The quantitative estimate of drug-likeness (QED) is 0.927. The number of nitrogens with zero attached hydrogens (tertiary/aromatic N) is 2. The zero-order valence-electron chi connectivity index (χ0n) is 11.4. The minimum Gasteiger partial charge on any atom is -0.481 e. The van der Waals surface area contributed by atoms with E-state index in [4.69, 9.17) is 0 Å². The lowest BCUT2D eigenvalue weighted by atomic mass is 9.92. The molecule has 1 aromatic heterocycles. The van der Waals surface area contributed by atoms with Gasteiger partial charge in [-0.25, -0.2) is 0 Å². The molecule has 0 aliphatic carbocycles. The number of carboxylic acids is 1. The van der Waals surface area contributed by atoms with Crippen molar-refractivity contribution < 1.29 is 9.90 Å². The molecule has 1 unspecified atom stereocenters. The fraction of sp³-hybridized carbons (Fsp3) is 0.250. The number of aliphatic carboxylic acids is 1. The van der Waals surface area contributed by atoms with E-state index in [1.807, 2.05) is 36.4 Å². The average molecular weight is 347 g/mol. The fourth-order valence-corrected chi connectivity index (χ4v) is 2.93. The third-order valence-electron chi connectivity index (χ3n) is 3.73. The fourth-order valence-electron chi connectivity index (χ4n) is 2.70. The van der Waals surface area contributed by atoms with Crippen molar-refractivity contribution in [1.82, 2.24) is 4.98 Å². The molecule has 1 atom stereocenters. The van der Waals surface area contributed by atoms with Crippen molar-refractivity contribution in [2.75, 3.05) is 11.4 Å². The Bertz CT molecular complexity index is 658. The molecule has 1 N–H and O–H groups in total. The van der Waals surface area contributed by atoms with Crippen LogP contribution in [0.4, 0.5) is 5.69 Å². The molecule has 0 fully saturated rings. The van der Waals surface area contributed by atoms with Gasteiger partial charge in [0.2, 0.25) is 0 Å². The second kappa shape index (κ2) is 5.85. The summed E-state index contributed by atoms with van der Waals surface area (Å²) in [6.45, 7) is 1.14. The van der Waals surface area contributed by atoms with E-state index in [2.05, 4.69) is 25.8 Å². The second-order valence-corrected chi connectivity index (χ2v) is 6.13. The first kappa shape index (κ1) is 14.1. The molecule has 108 valence electrons. The van der Waals surface area contributed by atoms with Crippen molar-refractivity contribution in [3.8, 4) is 0 Å². The molecule has 4 nitrogen and oxygen atoms in total. The van der Waals surface area contributed by atoms with E-state index >= 15 is 0 Å². The van der Waals surface area contributed by atoms with E-state index in [0.717, 1.165) is 21.4 Å². The van der Waals surface area contributed by atoms with Crippen LogP contribution in [0.15, 0.2) is 47.1 Å². The maximum atomic E-state index is 11.4. The van der Waals surface area contributed by atoms with E-state index in [1.54, 1.807) is 6.20 Å². The molecule has 0 saturated carbocycles. The molecule has 0 saturated heterocycles. The van der Waals surface area contributed by atoms with Crippen LogP contribution < -0.4 is 4.90 Å². The Balaban J connectivity index is 1.89. The standard InChI is InChI=1S/C16H15BrN2O2/c17-13-5-6-14(18-8-13)10-19-9-12(16(20)21)7-11-3-1-2-4-15(11)19/h1-6,8,12H,7,9-10H2,(H,20,21). The number of anilines is 1. The number of halogens is 1. The molecule has 1 aromatic carbocycles. The van der Waals surface area contributed by atoms with Gasteiger partial charge in [0, 0.05) is 22.9 Å². The van der Waals surface area contributed by atoms with Gasteiger partial charge in [-0.2, -0.15) is 0 Å². The summed E-state index contributed by atoms with van der Waals surface area (Å²) in [5.74, 6) is -1.10. The lowest BCUT2D eigenvalue weighted by Gasteiger charge is -2.34. The minimum absolute atomic E-state index is 0.365. The van der Waals surface area contributed by atoms with E-state index < -0.39 is 5.97 Å². The van der Waals surface area contributed by atoms with E-state index in [1.165, 1.54) is 0 Å². The van der Waals surface area contributed by atoms with Crippen molar-refractivity contribution in [3.63, 3.8) is 0 Å². The summed E-state index contributed by atoms with van der Waals surface area (Å²) in [7, 11) is 0. The summed E-state index contributed by atoms with van der Waals surface area (Å²) in [6.07, 6.45) is 2.36. The Morgan fingerprint density at radius 3 is 2.86 bits per heavy atom. The summed E-state index contributed by atoms with van der Waals surface area (Å²) in [5.41, 5.74) is 3.13. The molecule has 3 rings (SSSR count). The molecule has 1 aliphatic rings. The summed E-state index contributed by atoms with van der Waals surface area (Å²) in [5, 5.41) is 9.34. The number of hydrogen-bond donors (Lipinski definition) is 1. The molecule has 2 heterocycles. The van der Waals surface area contributed by atoms with Gasteiger partial charge in [0.05, 0.1) is 18.2 Å². The number of aromatic nitrogens is 1. The first-order valence-electron chi connectivity index (χ1n) is 6.79. The van der Waals surface area contributed by atoms with Crippen LogP contribution in [0.2, 0.25) is 0 Å². The van der Waals surface area contributed by atoms with Crippen molar-refractivity contribution in [1.29, 1.82) is 0 Å². The first-order valence-corrected chi connectivity index (χ1v) is 7.59. The summed E-state index contributed by atoms with van der Waals surface area (Å²) in [6, 6.07) is 11.9. The van der Waals surface area contributed by atoms with Crippen LogP contribution in [-0.2, 0) is 17.8 Å². The number of hydrogen-bond acceptors (Lipinski definition) is 3. The third kappa shape index (κ3) is 3.08. The number of para-hydroxylation sites is 1. The van der Waals surface area contributed by atoms with Crippen LogP contribution in [0.5, 0.6) is 0 Å². The number of fused-ring (bicyclic) bond motifs is 1. The van der Waals surface area contributed by atoms with Gasteiger partial charge in [-0.3, -0.25) is 9.78 Å². The third-order valence-corrected chi connectivity index (χ3v) is 4.20. The van der Waals surface area contributed by atoms with Gasteiger partial charge in [-0.05, 0) is 46.1 Å². The highest BCUT2D eigenvalue weighted by atomic mass is 79.9. The number of pyridine rings is 1. The zero-order valence-corrected chi connectivity index (χ0v) is 13.0. The average Bonchev–Trinajstić information content (AvgIpc) is 2.49. The highest BCUT2D eigenvalue weighted by molar-refractivity contribution is 9.10. The number of rotatable bonds is 3. The van der Waals surface area contributed by atoms with Crippen LogP contribution in [0.3, 0.4) is 0 Å². The SMILES string of the molecule is O=C(O)C1Cc2ccccc2N(Cc2ccc(Br)cn2)C1. The minimum atomic E-state index is -0.738. The predicted octanol–water partition coefficient (Wildman–Crippen LogP) is 3.11. The Labute approximate surface area is 131 Å². The molecular formula is C16H15BrN2O2. The topological polar surface area (TPSA) is 53.4 Å². The number of carboxylic acid groups (broad SMARTS) is 1. The molecule has 5 heteroatoms. The Morgan fingerprint density at radius 2 is 2.14 bits per heavy atom. The maximum absolute atomic E-state index is 11.4. The van der Waals surface area contributed by atoms with Gasteiger partial charge < -0.3 is 10.0 Å². The monoisotopic (exact) mass is 346 g/mol. The Morgan fingerprint density at radius 1 is 1.33 bits per heavy atom. The molecule has 1 aliphatic heterocycles. The molecular weight excluding hydrogens is 332 g/mol. The predicted molar refractivity (Wildman–Crippen MR) is 84.3 cm³/mol. The Hall–Kier alpha value is -1.88. The number of benzene rings is 1. The normalized spacial score (nSPS) is 17.4. The summed E-state index contributed by atoms with van der Waals surface area (Å²) in [4.78, 5) is 17.8. The van der Waals surface area contributed by atoms with Gasteiger partial charge >= 0.3 is 5.97 Å². The van der Waals surface area contributed by atoms with Crippen LogP contribution >= 0.6 is 15.9 Å². The molecule has 0 radical (unpaired) electrons. The van der Waals surface area contributed by atoms with E-state index in [9.17, 15) is 9.90 Å². The molecule has 0 amide bonds. The summed E-state index contributed by atoms with van der Waals surface area (Å²) >= 11 is 3.37. The van der Waals surface area contributed by atoms with Crippen LogP contribution in [-0.4, -0.2) is 22.6 Å². The largest absolute Gasteiger partial charge is 0.481 e. The molecule has 2 aromatic rings. The van der Waals surface area contributed by atoms with Crippen molar-refractivity contribution >= 4 is 27.6 Å². The smallest absolute Gasteiger partial charge is 0.308 e. The summed E-state index contributed by atoms with van der Waals surface area (Å²) < 4.78 is 0.939. The molecule has 0 spiro atoms. The molecule has 21 heavy (non-hydrogen) atoms. The lowest BCUT2D eigenvalue weighted by molar-refractivity contribution is -0.141. The lowest BCUT2D eigenvalue weighted by Crippen LogP contribution is -2.38. The van der Waals surface area contributed by atoms with Gasteiger partial charge in [0.1, 0.15) is 0 Å². The highest BCUT2D eigenvalue weighted by Crippen LogP contribution is 2.30. The van der Waals surface area contributed by atoms with Gasteiger partial charge in [-0.1, -0.05) is 18.2 Å². The van der Waals surface area contributed by atoms with Crippen molar-refractivity contribution in [3.05, 3.63) is 58.3 Å². The van der Waals surface area contributed by atoms with Gasteiger partial charge in [0.15, 0.2) is 0 Å². The van der Waals surface area contributed by atoms with Crippen molar-refractivity contribution in [2.45, 2.75) is 13.0 Å². The second-order valence-electron chi connectivity index (χ2n) is 5.22. The Kier molecular flexibility index (Phi) is 3.92. The number of carbonyl (C=O) groups is 1. The van der Waals surface area contributed by atoms with Crippen LogP contribution in [0.1, 0.15) is 11.3 Å². The van der Waals surface area contributed by atoms with Crippen LogP contribution in [0, 0.1) is 5.92 Å². The highest BCUT2D eigenvalue weighted by Gasteiger charge is 2.28.